The van der Waals surface area contributed by atoms with Crippen LogP contribution in [-0.4, -0.2) is 32.0 Å². The Morgan fingerprint density at radius 3 is 2.10 bits per heavy atom. The Hall–Kier alpha value is -1.91. The van der Waals surface area contributed by atoms with Crippen molar-refractivity contribution in [1.82, 2.24) is 5.32 Å². The van der Waals surface area contributed by atoms with Crippen LogP contribution in [0.2, 0.25) is 0 Å². The minimum absolute atomic E-state index is 0.0586. The van der Waals surface area contributed by atoms with E-state index < -0.39 is 11.7 Å². The Morgan fingerprint density at radius 2 is 1.67 bits per heavy atom. The predicted molar refractivity (Wildman–Crippen MR) is 82.1 cm³/mol. The molecule has 1 atom stereocenters. The number of rotatable bonds is 5. The monoisotopic (exact) mass is 295 g/mol. The highest BCUT2D eigenvalue weighted by atomic mass is 16.6. The van der Waals surface area contributed by atoms with Crippen LogP contribution in [-0.2, 0) is 11.2 Å². The first-order valence-electron chi connectivity index (χ1n) is 6.95. The van der Waals surface area contributed by atoms with Gasteiger partial charge < -0.3 is 19.5 Å². The van der Waals surface area contributed by atoms with Crippen molar-refractivity contribution in [3.63, 3.8) is 0 Å². The maximum absolute atomic E-state index is 11.7. The Morgan fingerprint density at radius 1 is 1.14 bits per heavy atom. The van der Waals surface area contributed by atoms with Gasteiger partial charge in [-0.05, 0) is 51.8 Å². The van der Waals surface area contributed by atoms with Crippen LogP contribution in [0, 0.1) is 0 Å². The lowest BCUT2D eigenvalue weighted by molar-refractivity contribution is 0.0508. The molecule has 0 aromatic heterocycles. The summed E-state index contributed by atoms with van der Waals surface area (Å²) < 4.78 is 15.7. The molecule has 1 N–H and O–H groups in total. The van der Waals surface area contributed by atoms with Gasteiger partial charge in [0.2, 0.25) is 0 Å². The summed E-state index contributed by atoms with van der Waals surface area (Å²) in [7, 11) is 3.22. The van der Waals surface area contributed by atoms with Crippen molar-refractivity contribution < 1.29 is 19.0 Å². The van der Waals surface area contributed by atoms with E-state index in [4.69, 9.17) is 14.2 Å². The minimum atomic E-state index is -0.497. The molecule has 5 heteroatoms. The summed E-state index contributed by atoms with van der Waals surface area (Å²) >= 11 is 0. The number of alkyl carbamates (subject to hydrolysis) is 1. The Bertz CT molecular complexity index is 457. The zero-order chi connectivity index (χ0) is 16.0. The number of amides is 1. The molecule has 1 aromatic rings. The highest BCUT2D eigenvalue weighted by Gasteiger charge is 2.18. The summed E-state index contributed by atoms with van der Waals surface area (Å²) in [5.41, 5.74) is 0.526. The van der Waals surface area contributed by atoms with Crippen LogP contribution in [0.1, 0.15) is 33.3 Å². The summed E-state index contributed by atoms with van der Waals surface area (Å²) in [6, 6.07) is 5.61. The lowest BCUT2D eigenvalue weighted by Gasteiger charge is -2.22. The molecule has 0 fully saturated rings. The molecule has 0 saturated heterocycles. The quantitative estimate of drug-likeness (QED) is 0.906. The van der Waals surface area contributed by atoms with Crippen LogP contribution in [0.15, 0.2) is 18.2 Å². The molecular formula is C16H25NO4. The number of carbonyl (C=O) groups excluding carboxylic acids is 1. The molecule has 5 nitrogen and oxygen atoms in total. The molecule has 0 heterocycles. The number of carbonyl (C=O) groups is 1. The van der Waals surface area contributed by atoms with E-state index in [0.717, 1.165) is 17.1 Å². The van der Waals surface area contributed by atoms with Crippen LogP contribution in [0.5, 0.6) is 11.5 Å². The number of nitrogens with one attached hydrogen (secondary N) is 1. The molecule has 0 aliphatic carbocycles. The zero-order valence-electron chi connectivity index (χ0n) is 13.6. The minimum Gasteiger partial charge on any atom is -0.497 e. The average molecular weight is 295 g/mol. The first kappa shape index (κ1) is 17.1. The van der Waals surface area contributed by atoms with Crippen LogP contribution in [0.25, 0.3) is 0 Å². The van der Waals surface area contributed by atoms with E-state index in [-0.39, 0.29) is 6.04 Å². The molecule has 118 valence electrons. The normalized spacial score (nSPS) is 12.5. The number of hydrogen-bond acceptors (Lipinski definition) is 4. The highest BCUT2D eigenvalue weighted by Crippen LogP contribution is 2.23. The fraction of sp³-hybridized carbons (Fsp3) is 0.562. The maximum atomic E-state index is 11.7. The second-order valence-electron chi connectivity index (χ2n) is 5.97. The van der Waals surface area contributed by atoms with Crippen molar-refractivity contribution in [1.29, 1.82) is 0 Å². The first-order chi connectivity index (χ1) is 9.73. The van der Waals surface area contributed by atoms with Crippen molar-refractivity contribution in [3.8, 4) is 11.5 Å². The van der Waals surface area contributed by atoms with E-state index >= 15 is 0 Å². The van der Waals surface area contributed by atoms with Gasteiger partial charge in [-0.2, -0.15) is 0 Å². The predicted octanol–water partition coefficient (Wildman–Crippen LogP) is 3.16. The van der Waals surface area contributed by atoms with Crippen LogP contribution in [0.3, 0.4) is 0 Å². The van der Waals surface area contributed by atoms with Crippen molar-refractivity contribution in [2.75, 3.05) is 14.2 Å². The lowest BCUT2D eigenvalue weighted by Crippen LogP contribution is -2.38. The number of ether oxygens (including phenoxy) is 3. The van der Waals surface area contributed by atoms with E-state index in [2.05, 4.69) is 5.32 Å². The summed E-state index contributed by atoms with van der Waals surface area (Å²) in [4.78, 5) is 11.7. The molecule has 1 amide bonds. The first-order valence-corrected chi connectivity index (χ1v) is 6.95. The fourth-order valence-electron chi connectivity index (χ4n) is 1.90. The van der Waals surface area contributed by atoms with Gasteiger partial charge in [0, 0.05) is 12.1 Å². The SMILES string of the molecule is COc1cc(C[C@H](C)NC(=O)OC(C)(C)C)cc(OC)c1. The third-order valence-electron chi connectivity index (χ3n) is 2.72. The van der Waals surface area contributed by atoms with Crippen LogP contribution >= 0.6 is 0 Å². The average Bonchev–Trinajstić information content (AvgIpc) is 2.35. The van der Waals surface area contributed by atoms with Gasteiger partial charge in [-0.25, -0.2) is 4.79 Å². The van der Waals surface area contributed by atoms with Crippen molar-refractivity contribution in [2.45, 2.75) is 45.8 Å². The van der Waals surface area contributed by atoms with E-state index in [1.807, 2.05) is 45.9 Å². The molecule has 0 aliphatic heterocycles. The molecule has 0 spiro atoms. The maximum Gasteiger partial charge on any atom is 0.407 e. The fourth-order valence-corrected chi connectivity index (χ4v) is 1.90. The third kappa shape index (κ3) is 6.38. The topological polar surface area (TPSA) is 56.8 Å². The van der Waals surface area contributed by atoms with Crippen molar-refractivity contribution >= 4 is 6.09 Å². The van der Waals surface area contributed by atoms with Gasteiger partial charge in [-0.3, -0.25) is 0 Å². The molecule has 0 saturated carbocycles. The van der Waals surface area contributed by atoms with Crippen LogP contribution in [0.4, 0.5) is 4.79 Å². The Labute approximate surface area is 126 Å². The molecule has 0 aliphatic rings. The van der Waals surface area contributed by atoms with Crippen LogP contribution < -0.4 is 14.8 Å². The molecule has 0 radical (unpaired) electrons. The van der Waals surface area contributed by atoms with Gasteiger partial charge in [0.1, 0.15) is 17.1 Å². The summed E-state index contributed by atoms with van der Waals surface area (Å²) in [5, 5.41) is 2.82. The van der Waals surface area contributed by atoms with Crippen molar-refractivity contribution in [3.05, 3.63) is 23.8 Å². The summed E-state index contributed by atoms with van der Waals surface area (Å²) in [6.07, 6.45) is 0.247. The van der Waals surface area contributed by atoms with Gasteiger partial charge in [0.25, 0.3) is 0 Å². The van der Waals surface area contributed by atoms with Gasteiger partial charge in [-0.1, -0.05) is 0 Å². The lowest BCUT2D eigenvalue weighted by atomic mass is 10.1. The second-order valence-corrected chi connectivity index (χ2v) is 5.97. The van der Waals surface area contributed by atoms with Crippen molar-refractivity contribution in [2.24, 2.45) is 0 Å². The van der Waals surface area contributed by atoms with E-state index in [1.54, 1.807) is 14.2 Å². The smallest absolute Gasteiger partial charge is 0.407 e. The molecule has 1 aromatic carbocycles. The van der Waals surface area contributed by atoms with E-state index in [0.29, 0.717) is 6.42 Å². The number of methoxy groups -OCH3 is 2. The van der Waals surface area contributed by atoms with E-state index in [1.165, 1.54) is 0 Å². The van der Waals surface area contributed by atoms with Gasteiger partial charge in [0.15, 0.2) is 0 Å². The molecule has 1 rings (SSSR count). The number of hydrogen-bond donors (Lipinski definition) is 1. The molecular weight excluding hydrogens is 270 g/mol. The highest BCUT2D eigenvalue weighted by molar-refractivity contribution is 5.68. The van der Waals surface area contributed by atoms with Gasteiger partial charge in [0.05, 0.1) is 14.2 Å². The zero-order valence-corrected chi connectivity index (χ0v) is 13.6. The Balaban J connectivity index is 2.66. The Kier molecular flexibility index (Phi) is 5.88. The van der Waals surface area contributed by atoms with E-state index in [9.17, 15) is 4.79 Å². The third-order valence-corrected chi connectivity index (χ3v) is 2.72. The van der Waals surface area contributed by atoms with Gasteiger partial charge in [-0.15, -0.1) is 0 Å². The summed E-state index contributed by atoms with van der Waals surface area (Å²) in [5.74, 6) is 1.46. The van der Waals surface area contributed by atoms with Gasteiger partial charge >= 0.3 is 6.09 Å². The molecule has 0 bridgehead atoms. The molecule has 21 heavy (non-hydrogen) atoms. The largest absolute Gasteiger partial charge is 0.497 e. The summed E-state index contributed by atoms with van der Waals surface area (Å²) in [6.45, 7) is 7.44. The number of benzene rings is 1. The molecule has 0 unspecified atom stereocenters. The standard InChI is InChI=1S/C16H25NO4/c1-11(17-15(18)21-16(2,3)4)7-12-8-13(19-5)10-14(9-12)20-6/h8-11H,7H2,1-6H3,(H,17,18)/t11-/m0/s1. The second kappa shape index (κ2) is 7.20.